The van der Waals surface area contributed by atoms with E-state index < -0.39 is 23.5 Å². The van der Waals surface area contributed by atoms with Crippen molar-refractivity contribution < 1.29 is 23.1 Å². The summed E-state index contributed by atoms with van der Waals surface area (Å²) in [5.74, 6) is -1.16. The van der Waals surface area contributed by atoms with Gasteiger partial charge in [0.2, 0.25) is 23.6 Å². The smallest absolute Gasteiger partial charge is 0.235 e. The molecule has 156 valence electrons. The number of hydrogen-bond acceptors (Lipinski definition) is 6. The number of fused-ring (bicyclic) bond motifs is 1. The van der Waals surface area contributed by atoms with Crippen LogP contribution in [0.4, 0.5) is 10.1 Å². The van der Waals surface area contributed by atoms with E-state index in [1.54, 1.807) is 24.1 Å². The Morgan fingerprint density at radius 2 is 2.03 bits per heavy atom. The monoisotopic (exact) mass is 412 g/mol. The van der Waals surface area contributed by atoms with Crippen molar-refractivity contribution in [2.24, 2.45) is 11.8 Å². The summed E-state index contributed by atoms with van der Waals surface area (Å²) in [6.07, 6.45) is 3.92. The average Bonchev–Trinajstić information content (AvgIpc) is 3.49. The quantitative estimate of drug-likeness (QED) is 0.695. The van der Waals surface area contributed by atoms with Gasteiger partial charge in [0.25, 0.3) is 0 Å². The Morgan fingerprint density at radius 3 is 2.73 bits per heavy atom. The molecule has 2 saturated heterocycles. The standard InChI is InChI=1S/C21H21FN4O4/c1-3-15-23-24-16(29-15)10-25(2)19(27)17-14-8-9-21(30-14)11-26(20(28)18(17)21)13-6-4-12(22)5-7-13/h4-9,14,17-18H,3,10-11H2,1-2H3/t14-,17+,18-,21-/m0/s1. The predicted octanol–water partition coefficient (Wildman–Crippen LogP) is 1.72. The van der Waals surface area contributed by atoms with Gasteiger partial charge in [0, 0.05) is 19.2 Å². The molecule has 2 bridgehead atoms. The van der Waals surface area contributed by atoms with E-state index in [9.17, 15) is 14.0 Å². The summed E-state index contributed by atoms with van der Waals surface area (Å²) < 4.78 is 24.9. The van der Waals surface area contributed by atoms with Gasteiger partial charge in [-0.1, -0.05) is 19.1 Å². The van der Waals surface area contributed by atoms with Crippen LogP contribution in [0.2, 0.25) is 0 Å². The second-order valence-electron chi connectivity index (χ2n) is 7.94. The Hall–Kier alpha value is -3.07. The summed E-state index contributed by atoms with van der Waals surface area (Å²) in [7, 11) is 1.65. The Bertz CT molecular complexity index is 1040. The Morgan fingerprint density at radius 1 is 1.30 bits per heavy atom. The number of rotatable bonds is 5. The summed E-state index contributed by atoms with van der Waals surface area (Å²) >= 11 is 0. The third kappa shape index (κ3) is 2.76. The van der Waals surface area contributed by atoms with Gasteiger partial charge in [-0.25, -0.2) is 4.39 Å². The van der Waals surface area contributed by atoms with E-state index >= 15 is 0 Å². The molecule has 2 aromatic rings. The van der Waals surface area contributed by atoms with Crippen molar-refractivity contribution in [2.45, 2.75) is 31.6 Å². The number of anilines is 1. The Kier molecular flexibility index (Phi) is 4.25. The average molecular weight is 412 g/mol. The molecule has 4 atom stereocenters. The lowest BCUT2D eigenvalue weighted by Crippen LogP contribution is -2.44. The van der Waals surface area contributed by atoms with Gasteiger partial charge in [-0.2, -0.15) is 0 Å². The van der Waals surface area contributed by atoms with E-state index in [4.69, 9.17) is 9.15 Å². The number of ether oxygens (including phenoxy) is 1. The molecule has 0 N–H and O–H groups in total. The van der Waals surface area contributed by atoms with Crippen LogP contribution in [0, 0.1) is 17.7 Å². The minimum absolute atomic E-state index is 0.161. The predicted molar refractivity (Wildman–Crippen MR) is 103 cm³/mol. The third-order valence-electron chi connectivity index (χ3n) is 6.08. The highest BCUT2D eigenvalue weighted by Gasteiger charge is 2.67. The lowest BCUT2D eigenvalue weighted by molar-refractivity contribution is -0.139. The van der Waals surface area contributed by atoms with E-state index in [0.29, 0.717) is 30.4 Å². The minimum atomic E-state index is -0.836. The maximum atomic E-state index is 13.3. The highest BCUT2D eigenvalue weighted by Crippen LogP contribution is 2.53. The first-order valence-corrected chi connectivity index (χ1v) is 9.92. The number of carbonyl (C=O) groups excluding carboxylic acids is 2. The number of aromatic nitrogens is 2. The van der Waals surface area contributed by atoms with Crippen molar-refractivity contribution in [3.8, 4) is 0 Å². The summed E-state index contributed by atoms with van der Waals surface area (Å²) in [6, 6.07) is 5.75. The van der Waals surface area contributed by atoms with Crippen LogP contribution in [0.3, 0.4) is 0 Å². The zero-order valence-electron chi connectivity index (χ0n) is 16.6. The zero-order valence-corrected chi connectivity index (χ0v) is 16.6. The Labute approximate surface area is 172 Å². The molecule has 0 radical (unpaired) electrons. The molecule has 3 aliphatic rings. The van der Waals surface area contributed by atoms with Crippen LogP contribution in [0.1, 0.15) is 18.7 Å². The topological polar surface area (TPSA) is 88.8 Å². The van der Waals surface area contributed by atoms with Crippen molar-refractivity contribution in [1.29, 1.82) is 0 Å². The first-order valence-electron chi connectivity index (χ1n) is 9.92. The molecule has 30 heavy (non-hydrogen) atoms. The zero-order chi connectivity index (χ0) is 21.0. The molecule has 4 heterocycles. The van der Waals surface area contributed by atoms with E-state index in [2.05, 4.69) is 10.2 Å². The van der Waals surface area contributed by atoms with Gasteiger partial charge in [-0.05, 0) is 24.3 Å². The molecule has 1 aromatic heterocycles. The molecule has 5 rings (SSSR count). The third-order valence-corrected chi connectivity index (χ3v) is 6.08. The second-order valence-corrected chi connectivity index (χ2v) is 7.94. The molecule has 9 heteroatoms. The molecule has 2 fully saturated rings. The number of aryl methyl sites for hydroxylation is 1. The van der Waals surface area contributed by atoms with E-state index in [1.165, 1.54) is 17.0 Å². The lowest BCUT2D eigenvalue weighted by Gasteiger charge is -2.27. The van der Waals surface area contributed by atoms with E-state index in [1.807, 2.05) is 19.1 Å². The van der Waals surface area contributed by atoms with Crippen molar-refractivity contribution in [2.75, 3.05) is 18.5 Å². The van der Waals surface area contributed by atoms with Crippen LogP contribution in [0.5, 0.6) is 0 Å². The molecule has 1 spiro atoms. The van der Waals surface area contributed by atoms with Crippen molar-refractivity contribution in [3.63, 3.8) is 0 Å². The lowest BCUT2D eigenvalue weighted by atomic mass is 9.76. The normalized spacial score (nSPS) is 29.0. The van der Waals surface area contributed by atoms with Gasteiger partial charge in [-0.15, -0.1) is 10.2 Å². The van der Waals surface area contributed by atoms with E-state index in [0.717, 1.165) is 0 Å². The highest BCUT2D eigenvalue weighted by atomic mass is 19.1. The minimum Gasteiger partial charge on any atom is -0.423 e. The number of amides is 2. The van der Waals surface area contributed by atoms with Crippen LogP contribution in [-0.4, -0.2) is 52.2 Å². The molecule has 0 unspecified atom stereocenters. The fourth-order valence-electron chi connectivity index (χ4n) is 4.65. The van der Waals surface area contributed by atoms with E-state index in [-0.39, 0.29) is 24.2 Å². The van der Waals surface area contributed by atoms with Crippen LogP contribution in [0.25, 0.3) is 0 Å². The van der Waals surface area contributed by atoms with Gasteiger partial charge in [-0.3, -0.25) is 9.59 Å². The first kappa shape index (κ1) is 18.9. The maximum Gasteiger partial charge on any atom is 0.235 e. The molecule has 3 aliphatic heterocycles. The highest BCUT2D eigenvalue weighted by molar-refractivity contribution is 6.03. The SMILES string of the molecule is CCc1nnc(CN(C)C(=O)[C@@H]2[C@@H]3C=C[C@@]4(CN(c5ccc(F)cc5)C(=O)[C@H]24)O3)o1. The molecule has 0 aliphatic carbocycles. The van der Waals surface area contributed by atoms with Gasteiger partial charge in [0.05, 0.1) is 31.0 Å². The number of hydrogen-bond donors (Lipinski definition) is 0. The maximum absolute atomic E-state index is 13.3. The van der Waals surface area contributed by atoms with Crippen LogP contribution in [-0.2, 0) is 27.3 Å². The van der Waals surface area contributed by atoms with Gasteiger partial charge < -0.3 is 19.0 Å². The van der Waals surface area contributed by atoms with Crippen LogP contribution < -0.4 is 4.90 Å². The first-order chi connectivity index (χ1) is 14.4. The second kappa shape index (κ2) is 6.73. The summed E-state index contributed by atoms with van der Waals surface area (Å²) in [5.41, 5.74) is -0.250. The number of nitrogens with zero attached hydrogens (tertiary/aromatic N) is 4. The summed E-state index contributed by atoms with van der Waals surface area (Å²) in [5, 5.41) is 7.88. The molecular formula is C21H21FN4O4. The molecule has 2 amide bonds. The van der Waals surface area contributed by atoms with Crippen molar-refractivity contribution >= 4 is 17.5 Å². The number of carbonyl (C=O) groups is 2. The largest absolute Gasteiger partial charge is 0.423 e. The molecule has 8 nitrogen and oxygen atoms in total. The fraction of sp³-hybridized carbons (Fsp3) is 0.429. The number of halogens is 1. The van der Waals surface area contributed by atoms with Crippen molar-refractivity contribution in [1.82, 2.24) is 15.1 Å². The van der Waals surface area contributed by atoms with Gasteiger partial charge >= 0.3 is 0 Å². The van der Waals surface area contributed by atoms with Gasteiger partial charge in [0.1, 0.15) is 11.4 Å². The molecule has 1 aromatic carbocycles. The summed E-state index contributed by atoms with van der Waals surface area (Å²) in [6.45, 7) is 2.36. The fourth-order valence-corrected chi connectivity index (χ4v) is 4.65. The summed E-state index contributed by atoms with van der Waals surface area (Å²) in [4.78, 5) is 29.7. The van der Waals surface area contributed by atoms with Gasteiger partial charge in [0.15, 0.2) is 0 Å². The molecular weight excluding hydrogens is 391 g/mol. The molecule has 0 saturated carbocycles. The van der Waals surface area contributed by atoms with Crippen LogP contribution >= 0.6 is 0 Å². The number of benzene rings is 1. The Balaban J connectivity index is 1.39. The van der Waals surface area contributed by atoms with Crippen molar-refractivity contribution in [3.05, 3.63) is 54.0 Å². The van der Waals surface area contributed by atoms with Crippen LogP contribution in [0.15, 0.2) is 40.8 Å².